The molecule has 0 aliphatic rings. The van der Waals surface area contributed by atoms with E-state index in [4.69, 9.17) is 9.10 Å². The average Bonchev–Trinajstić information content (AvgIpc) is 2.91. The third-order valence-corrected chi connectivity index (χ3v) is 4.06. The van der Waals surface area contributed by atoms with Crippen molar-refractivity contribution in [2.75, 3.05) is 0 Å². The Bertz CT molecular complexity index is 1110. The quantitative estimate of drug-likeness (QED) is 0.491. The number of hydrogen-bond donors (Lipinski definition) is 0. The minimum atomic E-state index is -2.10. The summed E-state index contributed by atoms with van der Waals surface area (Å²) < 4.78 is 26.6. The summed E-state index contributed by atoms with van der Waals surface area (Å²) in [5.41, 5.74) is 6.38. The van der Waals surface area contributed by atoms with Gasteiger partial charge in [0.15, 0.2) is 6.20 Å². The predicted octanol–water partition coefficient (Wildman–Crippen LogP) is 3.60. The third kappa shape index (κ3) is 1.90. The maximum absolute atomic E-state index is 7.56. The van der Waals surface area contributed by atoms with Gasteiger partial charge >= 0.3 is 0 Å². The van der Waals surface area contributed by atoms with E-state index in [1.165, 1.54) is 0 Å². The molecule has 0 unspecified atom stereocenters. The molecule has 4 rings (SSSR count). The first-order chi connectivity index (χ1) is 11.8. The van der Waals surface area contributed by atoms with E-state index in [1.54, 1.807) is 12.3 Å². The van der Waals surface area contributed by atoms with Crippen LogP contribution in [0.2, 0.25) is 0 Å². The number of nitrogens with zero attached hydrogens (tertiary/aromatic N) is 3. The van der Waals surface area contributed by atoms with E-state index < -0.39 is 6.85 Å². The molecule has 0 radical (unpaired) electrons. The van der Waals surface area contributed by atoms with Crippen molar-refractivity contribution in [3.05, 3.63) is 66.0 Å². The fourth-order valence-corrected chi connectivity index (χ4v) is 2.98. The smallest absolute Gasteiger partial charge is 0.212 e. The van der Waals surface area contributed by atoms with Crippen molar-refractivity contribution in [1.29, 1.82) is 0 Å². The standard InChI is InChI=1S/C19H18N3/c1-13-7-8-17(21(3)12-13)15-11-16-18(10-14(15)2)22-9-5-4-6-19(22)20-16/h4-12H,1-3H3/q+1/i1D3. The maximum atomic E-state index is 7.56. The number of imidazole rings is 1. The Balaban J connectivity index is 1.92. The summed E-state index contributed by atoms with van der Waals surface area (Å²) in [5, 5.41) is 0. The first-order valence-electron chi connectivity index (χ1n) is 8.72. The Morgan fingerprint density at radius 2 is 2.09 bits per heavy atom. The maximum Gasteiger partial charge on any atom is 0.212 e. The SMILES string of the molecule is [2H]C([2H])([2H])c1ccc(-c2cc3nc4ccccn4c3cc2C)[n+](C)c1. The van der Waals surface area contributed by atoms with Crippen LogP contribution >= 0.6 is 0 Å². The number of fused-ring (bicyclic) bond motifs is 3. The molecule has 22 heavy (non-hydrogen) atoms. The van der Waals surface area contributed by atoms with Crippen LogP contribution in [-0.4, -0.2) is 9.38 Å². The van der Waals surface area contributed by atoms with E-state index in [9.17, 15) is 0 Å². The molecule has 3 heteroatoms. The number of aryl methyl sites for hydroxylation is 3. The second-order valence-corrected chi connectivity index (χ2v) is 5.61. The fourth-order valence-electron chi connectivity index (χ4n) is 2.98. The zero-order valence-corrected chi connectivity index (χ0v) is 12.5. The van der Waals surface area contributed by atoms with Gasteiger partial charge in [0, 0.05) is 21.9 Å². The van der Waals surface area contributed by atoms with Gasteiger partial charge < -0.3 is 0 Å². The van der Waals surface area contributed by atoms with Gasteiger partial charge in [-0.1, -0.05) is 6.07 Å². The molecule has 1 aromatic carbocycles. The van der Waals surface area contributed by atoms with Gasteiger partial charge in [0.25, 0.3) is 0 Å². The lowest BCUT2D eigenvalue weighted by Crippen LogP contribution is -2.31. The van der Waals surface area contributed by atoms with Gasteiger partial charge in [-0.2, -0.15) is 0 Å². The molecular weight excluding hydrogens is 270 g/mol. The molecule has 108 valence electrons. The van der Waals surface area contributed by atoms with Gasteiger partial charge in [-0.05, 0) is 49.7 Å². The lowest BCUT2D eigenvalue weighted by Gasteiger charge is -2.05. The van der Waals surface area contributed by atoms with Crippen LogP contribution in [0.5, 0.6) is 0 Å². The van der Waals surface area contributed by atoms with Gasteiger partial charge in [0.1, 0.15) is 12.7 Å². The van der Waals surface area contributed by atoms with Crippen molar-refractivity contribution >= 4 is 16.7 Å². The molecule has 3 aromatic heterocycles. The Labute approximate surface area is 133 Å². The lowest BCUT2D eigenvalue weighted by molar-refractivity contribution is -0.660. The van der Waals surface area contributed by atoms with Crippen LogP contribution in [0.4, 0.5) is 0 Å². The first-order valence-corrected chi connectivity index (χ1v) is 7.22. The largest absolute Gasteiger partial charge is 0.300 e. The van der Waals surface area contributed by atoms with Crippen LogP contribution in [0, 0.1) is 13.8 Å². The van der Waals surface area contributed by atoms with Crippen molar-refractivity contribution in [2.24, 2.45) is 7.05 Å². The number of pyridine rings is 2. The van der Waals surface area contributed by atoms with Crippen LogP contribution in [-0.2, 0) is 7.05 Å². The van der Waals surface area contributed by atoms with Crippen LogP contribution in [0.3, 0.4) is 0 Å². The molecule has 3 heterocycles. The van der Waals surface area contributed by atoms with E-state index in [-0.39, 0.29) is 0 Å². The van der Waals surface area contributed by atoms with Crippen LogP contribution in [0.25, 0.3) is 27.9 Å². The second-order valence-electron chi connectivity index (χ2n) is 5.61. The van der Waals surface area contributed by atoms with Crippen molar-refractivity contribution in [1.82, 2.24) is 9.38 Å². The number of rotatable bonds is 1. The minimum absolute atomic E-state index is 0.338. The molecule has 0 aliphatic heterocycles. The molecule has 3 nitrogen and oxygen atoms in total. The van der Waals surface area contributed by atoms with Crippen molar-refractivity contribution in [2.45, 2.75) is 13.8 Å². The van der Waals surface area contributed by atoms with E-state index >= 15 is 0 Å². The molecule has 0 atom stereocenters. The fraction of sp³-hybridized carbons (Fsp3) is 0.158. The number of aromatic nitrogens is 3. The van der Waals surface area contributed by atoms with Gasteiger partial charge in [-0.3, -0.25) is 4.40 Å². The van der Waals surface area contributed by atoms with E-state index in [2.05, 4.69) is 23.5 Å². The molecule has 0 spiro atoms. The average molecular weight is 291 g/mol. The number of hydrogen-bond acceptors (Lipinski definition) is 1. The van der Waals surface area contributed by atoms with Crippen molar-refractivity contribution < 1.29 is 8.68 Å². The zero-order valence-electron chi connectivity index (χ0n) is 15.5. The van der Waals surface area contributed by atoms with E-state index in [0.29, 0.717) is 5.56 Å². The van der Waals surface area contributed by atoms with Crippen LogP contribution in [0.1, 0.15) is 15.2 Å². The first kappa shape index (κ1) is 10.1. The van der Waals surface area contributed by atoms with Crippen LogP contribution in [0.15, 0.2) is 54.9 Å². The number of benzene rings is 1. The zero-order chi connectivity index (χ0) is 17.8. The summed E-state index contributed by atoms with van der Waals surface area (Å²) in [5.74, 6) is 0. The van der Waals surface area contributed by atoms with Gasteiger partial charge in [-0.15, -0.1) is 0 Å². The predicted molar refractivity (Wildman–Crippen MR) is 88.8 cm³/mol. The van der Waals surface area contributed by atoms with Gasteiger partial charge in [0.05, 0.1) is 16.6 Å². The molecule has 0 amide bonds. The topological polar surface area (TPSA) is 21.2 Å². The Kier molecular flexibility index (Phi) is 2.15. The monoisotopic (exact) mass is 291 g/mol. The highest BCUT2D eigenvalue weighted by Gasteiger charge is 2.15. The van der Waals surface area contributed by atoms with Crippen LogP contribution < -0.4 is 4.57 Å². The molecule has 4 aromatic rings. The van der Waals surface area contributed by atoms with E-state index in [0.717, 1.165) is 33.5 Å². The molecule has 0 saturated heterocycles. The molecule has 0 bridgehead atoms. The Morgan fingerprint density at radius 3 is 2.91 bits per heavy atom. The summed E-state index contributed by atoms with van der Waals surface area (Å²) in [6.07, 6.45) is 3.69. The Hall–Kier alpha value is -2.68. The molecule has 0 aliphatic carbocycles. The molecule has 0 fully saturated rings. The summed E-state index contributed by atoms with van der Waals surface area (Å²) in [7, 11) is 1.87. The van der Waals surface area contributed by atoms with E-state index in [1.807, 2.05) is 42.1 Å². The third-order valence-electron chi connectivity index (χ3n) is 4.06. The summed E-state index contributed by atoms with van der Waals surface area (Å²) in [6.45, 7) is -0.0360. The van der Waals surface area contributed by atoms with Gasteiger partial charge in [0.2, 0.25) is 5.69 Å². The lowest BCUT2D eigenvalue weighted by atomic mass is 10.0. The highest BCUT2D eigenvalue weighted by molar-refractivity contribution is 5.86. The minimum Gasteiger partial charge on any atom is -0.300 e. The molecule has 0 N–H and O–H groups in total. The highest BCUT2D eigenvalue weighted by atomic mass is 15.0. The summed E-state index contributed by atoms with van der Waals surface area (Å²) in [6, 6.07) is 13.7. The van der Waals surface area contributed by atoms with Crippen molar-refractivity contribution in [3.63, 3.8) is 0 Å². The summed E-state index contributed by atoms with van der Waals surface area (Å²) >= 11 is 0. The highest BCUT2D eigenvalue weighted by Crippen LogP contribution is 2.27. The van der Waals surface area contributed by atoms with Gasteiger partial charge in [-0.25, -0.2) is 9.55 Å². The molecule has 0 saturated carbocycles. The molecular formula is C19H18N3+. The second kappa shape index (κ2) is 4.67. The Morgan fingerprint density at radius 1 is 1.18 bits per heavy atom. The summed E-state index contributed by atoms with van der Waals surface area (Å²) in [4.78, 5) is 4.69. The van der Waals surface area contributed by atoms with Crippen molar-refractivity contribution in [3.8, 4) is 11.3 Å². The normalized spacial score (nSPS) is 14.0.